The average Bonchev–Trinajstić information content (AvgIpc) is 2.94. The van der Waals surface area contributed by atoms with E-state index in [1.54, 1.807) is 11.3 Å². The van der Waals surface area contributed by atoms with Gasteiger partial charge in [-0.15, -0.1) is 10.2 Å². The summed E-state index contributed by atoms with van der Waals surface area (Å²) >= 11 is 1.68. The molecule has 118 valence electrons. The minimum Gasteiger partial charge on any atom is -0.381 e. The molecule has 4 nitrogen and oxygen atoms in total. The molecule has 2 atom stereocenters. The van der Waals surface area contributed by atoms with Gasteiger partial charge in [-0.25, -0.2) is 0 Å². The predicted molar refractivity (Wildman–Crippen MR) is 90.6 cm³/mol. The van der Waals surface area contributed by atoms with Gasteiger partial charge in [0.15, 0.2) is 0 Å². The smallest absolute Gasteiger partial charge is 0.208 e. The van der Waals surface area contributed by atoms with Crippen molar-refractivity contribution in [3.8, 4) is 0 Å². The van der Waals surface area contributed by atoms with Gasteiger partial charge in [0.05, 0.1) is 6.10 Å². The summed E-state index contributed by atoms with van der Waals surface area (Å²) in [5.41, 5.74) is 2.71. The number of aryl methyl sites for hydroxylation is 2. The summed E-state index contributed by atoms with van der Waals surface area (Å²) in [6.45, 7) is 6.14. The first kappa shape index (κ1) is 15.4. The van der Waals surface area contributed by atoms with E-state index in [4.69, 9.17) is 4.74 Å². The summed E-state index contributed by atoms with van der Waals surface area (Å²) in [5, 5.41) is 10.5. The Morgan fingerprint density at radius 2 is 2.18 bits per heavy atom. The highest BCUT2D eigenvalue weighted by Crippen LogP contribution is 2.29. The minimum atomic E-state index is 0.325. The number of piperidine rings is 1. The van der Waals surface area contributed by atoms with Crippen molar-refractivity contribution < 1.29 is 4.74 Å². The van der Waals surface area contributed by atoms with Gasteiger partial charge in [0, 0.05) is 26.1 Å². The summed E-state index contributed by atoms with van der Waals surface area (Å²) in [7, 11) is 1.83. The van der Waals surface area contributed by atoms with Crippen molar-refractivity contribution in [3.63, 3.8) is 0 Å². The SMILES string of the molecule is CO[C@H]1CCN(c2nnc(C)s2)C[C@@H]1Cc1cccc(C)c1. The van der Waals surface area contributed by atoms with Gasteiger partial charge < -0.3 is 9.64 Å². The van der Waals surface area contributed by atoms with Crippen LogP contribution in [0.25, 0.3) is 0 Å². The molecule has 3 rings (SSSR count). The van der Waals surface area contributed by atoms with Gasteiger partial charge in [0.1, 0.15) is 5.01 Å². The molecule has 0 aliphatic carbocycles. The van der Waals surface area contributed by atoms with E-state index in [9.17, 15) is 0 Å². The van der Waals surface area contributed by atoms with Crippen LogP contribution in [0.2, 0.25) is 0 Å². The lowest BCUT2D eigenvalue weighted by Gasteiger charge is -2.37. The predicted octanol–water partition coefficient (Wildman–Crippen LogP) is 3.24. The summed E-state index contributed by atoms with van der Waals surface area (Å²) in [6, 6.07) is 8.78. The zero-order valence-corrected chi connectivity index (χ0v) is 14.3. The quantitative estimate of drug-likeness (QED) is 0.868. The number of anilines is 1. The number of nitrogens with zero attached hydrogens (tertiary/aromatic N) is 3. The topological polar surface area (TPSA) is 38.2 Å². The zero-order chi connectivity index (χ0) is 15.5. The number of ether oxygens (including phenoxy) is 1. The highest BCUT2D eigenvalue weighted by Gasteiger charge is 2.30. The van der Waals surface area contributed by atoms with Crippen molar-refractivity contribution >= 4 is 16.5 Å². The average molecular weight is 317 g/mol. The number of methoxy groups -OCH3 is 1. The monoisotopic (exact) mass is 317 g/mol. The van der Waals surface area contributed by atoms with Crippen LogP contribution in [-0.2, 0) is 11.2 Å². The van der Waals surface area contributed by atoms with Gasteiger partial charge in [0.2, 0.25) is 5.13 Å². The molecule has 1 aromatic heterocycles. The van der Waals surface area contributed by atoms with Gasteiger partial charge in [-0.05, 0) is 32.3 Å². The molecule has 0 radical (unpaired) electrons. The molecular weight excluding hydrogens is 294 g/mol. The largest absolute Gasteiger partial charge is 0.381 e. The molecule has 1 aromatic carbocycles. The molecule has 0 unspecified atom stereocenters. The number of benzene rings is 1. The second-order valence-electron chi connectivity index (χ2n) is 6.07. The number of aromatic nitrogens is 2. The molecule has 2 aromatic rings. The maximum atomic E-state index is 5.74. The van der Waals surface area contributed by atoms with Gasteiger partial charge in [-0.3, -0.25) is 0 Å². The van der Waals surface area contributed by atoms with E-state index in [1.807, 2.05) is 14.0 Å². The van der Waals surface area contributed by atoms with Crippen LogP contribution >= 0.6 is 11.3 Å². The van der Waals surface area contributed by atoms with Crippen LogP contribution in [-0.4, -0.2) is 36.5 Å². The van der Waals surface area contributed by atoms with Crippen molar-refractivity contribution in [3.05, 3.63) is 40.4 Å². The fraction of sp³-hybridized carbons (Fsp3) is 0.529. The van der Waals surface area contributed by atoms with Gasteiger partial charge in [-0.2, -0.15) is 0 Å². The Kier molecular flexibility index (Phi) is 4.74. The molecule has 1 saturated heterocycles. The van der Waals surface area contributed by atoms with E-state index in [-0.39, 0.29) is 0 Å². The fourth-order valence-corrected chi connectivity index (χ4v) is 3.97. The molecule has 0 N–H and O–H groups in total. The maximum Gasteiger partial charge on any atom is 0.208 e. The molecular formula is C17H23N3OS. The van der Waals surface area contributed by atoms with E-state index in [1.165, 1.54) is 11.1 Å². The fourth-order valence-electron chi connectivity index (χ4n) is 3.25. The standard InChI is InChI=1S/C17H23N3OS/c1-12-5-4-6-14(9-12)10-15-11-20(8-7-16(15)21-3)17-19-18-13(2)22-17/h4-6,9,15-16H,7-8,10-11H2,1-3H3/t15-,16-/m0/s1. The Hall–Kier alpha value is -1.46. The molecule has 2 heterocycles. The normalized spacial score (nSPS) is 22.0. The Bertz CT molecular complexity index is 628. The van der Waals surface area contributed by atoms with Crippen molar-refractivity contribution in [2.45, 2.75) is 32.8 Å². The highest BCUT2D eigenvalue weighted by molar-refractivity contribution is 7.15. The van der Waals surface area contributed by atoms with Crippen LogP contribution < -0.4 is 4.90 Å². The van der Waals surface area contributed by atoms with Crippen molar-refractivity contribution in [2.24, 2.45) is 5.92 Å². The second kappa shape index (κ2) is 6.75. The number of rotatable bonds is 4. The summed E-state index contributed by atoms with van der Waals surface area (Å²) in [4.78, 5) is 2.36. The van der Waals surface area contributed by atoms with Gasteiger partial charge in [0.25, 0.3) is 0 Å². The molecule has 1 aliphatic heterocycles. The molecule has 1 aliphatic rings. The Balaban J connectivity index is 1.74. The molecule has 0 bridgehead atoms. The third-order valence-corrected chi connectivity index (χ3v) is 5.23. The molecule has 0 amide bonds. The van der Waals surface area contributed by atoms with Crippen LogP contribution in [0.4, 0.5) is 5.13 Å². The summed E-state index contributed by atoms with van der Waals surface area (Å²) in [6.07, 6.45) is 2.42. The lowest BCUT2D eigenvalue weighted by Crippen LogP contribution is -2.45. The molecule has 5 heteroatoms. The van der Waals surface area contributed by atoms with Crippen LogP contribution in [0, 0.1) is 19.8 Å². The Labute approximate surface area is 136 Å². The van der Waals surface area contributed by atoms with E-state index in [2.05, 4.69) is 46.3 Å². The van der Waals surface area contributed by atoms with Crippen LogP contribution in [0.1, 0.15) is 22.6 Å². The van der Waals surface area contributed by atoms with Gasteiger partial charge >= 0.3 is 0 Å². The van der Waals surface area contributed by atoms with Gasteiger partial charge in [-0.1, -0.05) is 41.2 Å². The molecule has 0 saturated carbocycles. The first-order chi connectivity index (χ1) is 10.7. The van der Waals surface area contributed by atoms with Crippen molar-refractivity contribution in [2.75, 3.05) is 25.1 Å². The van der Waals surface area contributed by atoms with Crippen LogP contribution in [0.3, 0.4) is 0 Å². The van der Waals surface area contributed by atoms with Crippen LogP contribution in [0.15, 0.2) is 24.3 Å². The minimum absolute atomic E-state index is 0.325. The first-order valence-electron chi connectivity index (χ1n) is 7.79. The lowest BCUT2D eigenvalue weighted by atomic mass is 9.88. The first-order valence-corrected chi connectivity index (χ1v) is 8.60. The molecule has 1 fully saturated rings. The Morgan fingerprint density at radius 3 is 2.86 bits per heavy atom. The summed E-state index contributed by atoms with van der Waals surface area (Å²) in [5.74, 6) is 0.491. The van der Waals surface area contributed by atoms with E-state index in [0.29, 0.717) is 12.0 Å². The summed E-state index contributed by atoms with van der Waals surface area (Å²) < 4.78 is 5.74. The molecule has 22 heavy (non-hydrogen) atoms. The number of hydrogen-bond donors (Lipinski definition) is 0. The van der Waals surface area contributed by atoms with Crippen LogP contribution in [0.5, 0.6) is 0 Å². The maximum absolute atomic E-state index is 5.74. The van der Waals surface area contributed by atoms with E-state index in [0.717, 1.165) is 36.1 Å². The van der Waals surface area contributed by atoms with E-state index < -0.39 is 0 Å². The van der Waals surface area contributed by atoms with Crippen molar-refractivity contribution in [1.82, 2.24) is 10.2 Å². The third kappa shape index (κ3) is 3.47. The van der Waals surface area contributed by atoms with E-state index >= 15 is 0 Å². The lowest BCUT2D eigenvalue weighted by molar-refractivity contribution is 0.0376. The van der Waals surface area contributed by atoms with Crippen molar-refractivity contribution in [1.29, 1.82) is 0 Å². The molecule has 0 spiro atoms. The zero-order valence-electron chi connectivity index (χ0n) is 13.5. The number of hydrogen-bond acceptors (Lipinski definition) is 5. The second-order valence-corrected chi connectivity index (χ2v) is 7.23. The highest BCUT2D eigenvalue weighted by atomic mass is 32.1. The third-order valence-electron chi connectivity index (χ3n) is 4.33. The Morgan fingerprint density at radius 1 is 1.32 bits per heavy atom.